The molecule has 2 aromatic rings. The van der Waals surface area contributed by atoms with Gasteiger partial charge >= 0.3 is 0 Å². The van der Waals surface area contributed by atoms with Gasteiger partial charge in [-0.2, -0.15) is 0 Å². The Morgan fingerprint density at radius 3 is 2.69 bits per heavy atom. The number of para-hydroxylation sites is 1. The van der Waals surface area contributed by atoms with E-state index >= 15 is 0 Å². The van der Waals surface area contributed by atoms with Crippen LogP contribution >= 0.6 is 34.2 Å². The summed E-state index contributed by atoms with van der Waals surface area (Å²) < 4.78 is 1.10. The highest BCUT2D eigenvalue weighted by atomic mass is 127. The van der Waals surface area contributed by atoms with Gasteiger partial charge in [0.2, 0.25) is 0 Å². The summed E-state index contributed by atoms with van der Waals surface area (Å²) in [5.41, 5.74) is 7.34. The van der Waals surface area contributed by atoms with Gasteiger partial charge in [0.15, 0.2) is 5.82 Å². The zero-order valence-electron chi connectivity index (χ0n) is 8.24. The number of halogens is 2. The van der Waals surface area contributed by atoms with Gasteiger partial charge in [-0.3, -0.25) is 0 Å². The van der Waals surface area contributed by atoms with Crippen LogP contribution < -0.4 is 11.1 Å². The molecule has 0 radical (unpaired) electrons. The SMILES string of the molecule is Nc1ccc(Cl)nc1Nc1ccccc1I. The summed E-state index contributed by atoms with van der Waals surface area (Å²) in [6.07, 6.45) is 0. The maximum absolute atomic E-state index is 5.81. The van der Waals surface area contributed by atoms with Crippen molar-refractivity contribution >= 4 is 51.4 Å². The molecule has 0 fully saturated rings. The Labute approximate surface area is 112 Å². The Balaban J connectivity index is 2.34. The Hall–Kier alpha value is -1.01. The van der Waals surface area contributed by atoms with E-state index in [1.54, 1.807) is 12.1 Å². The average Bonchev–Trinajstić information content (AvgIpc) is 2.27. The minimum atomic E-state index is 0.419. The molecule has 1 aromatic heterocycles. The number of nitrogens with two attached hydrogens (primary N) is 1. The predicted octanol–water partition coefficient (Wildman–Crippen LogP) is 3.67. The van der Waals surface area contributed by atoms with Gasteiger partial charge in [-0.25, -0.2) is 4.98 Å². The molecule has 0 saturated carbocycles. The van der Waals surface area contributed by atoms with Crippen molar-refractivity contribution < 1.29 is 0 Å². The third-order valence-electron chi connectivity index (χ3n) is 2.02. The first-order chi connectivity index (χ1) is 7.66. The molecule has 0 saturated heterocycles. The van der Waals surface area contributed by atoms with Crippen LogP contribution in [-0.2, 0) is 0 Å². The van der Waals surface area contributed by atoms with Crippen molar-refractivity contribution in [2.45, 2.75) is 0 Å². The lowest BCUT2D eigenvalue weighted by Gasteiger charge is -2.09. The van der Waals surface area contributed by atoms with E-state index in [9.17, 15) is 0 Å². The highest BCUT2D eigenvalue weighted by Gasteiger charge is 2.04. The maximum Gasteiger partial charge on any atom is 0.155 e. The molecule has 0 aliphatic rings. The van der Waals surface area contributed by atoms with Crippen LogP contribution in [0.5, 0.6) is 0 Å². The van der Waals surface area contributed by atoms with Gasteiger partial charge in [-0.1, -0.05) is 23.7 Å². The van der Waals surface area contributed by atoms with Gasteiger partial charge in [-0.05, 0) is 46.9 Å². The molecule has 3 nitrogen and oxygen atoms in total. The quantitative estimate of drug-likeness (QED) is 0.645. The smallest absolute Gasteiger partial charge is 0.155 e. The third-order valence-corrected chi connectivity index (χ3v) is 3.17. The van der Waals surface area contributed by atoms with Gasteiger partial charge < -0.3 is 11.1 Å². The monoisotopic (exact) mass is 345 g/mol. The normalized spacial score (nSPS) is 10.1. The third kappa shape index (κ3) is 2.56. The van der Waals surface area contributed by atoms with Crippen LogP contribution in [0.25, 0.3) is 0 Å². The fourth-order valence-electron chi connectivity index (χ4n) is 1.24. The maximum atomic E-state index is 5.81. The molecule has 1 heterocycles. The number of nitrogen functional groups attached to an aromatic ring is 1. The van der Waals surface area contributed by atoms with Crippen LogP contribution in [-0.4, -0.2) is 4.98 Å². The summed E-state index contributed by atoms with van der Waals surface area (Å²) >= 11 is 8.06. The number of anilines is 3. The Morgan fingerprint density at radius 1 is 1.19 bits per heavy atom. The molecule has 0 aliphatic carbocycles. The first kappa shape index (κ1) is 11.5. The Bertz CT molecular complexity index is 516. The van der Waals surface area contributed by atoms with Crippen molar-refractivity contribution in [3.63, 3.8) is 0 Å². The fraction of sp³-hybridized carbons (Fsp3) is 0. The Kier molecular flexibility index (Phi) is 3.50. The van der Waals surface area contributed by atoms with Crippen molar-refractivity contribution in [2.24, 2.45) is 0 Å². The summed E-state index contributed by atoms with van der Waals surface area (Å²) in [6, 6.07) is 11.3. The lowest BCUT2D eigenvalue weighted by molar-refractivity contribution is 1.31. The number of benzene rings is 1. The van der Waals surface area contributed by atoms with Gasteiger partial charge in [0, 0.05) is 3.57 Å². The molecular formula is C11H9ClIN3. The van der Waals surface area contributed by atoms with Gasteiger partial charge in [-0.15, -0.1) is 0 Å². The number of aromatic nitrogens is 1. The lowest BCUT2D eigenvalue weighted by Crippen LogP contribution is -2.00. The van der Waals surface area contributed by atoms with Crippen LogP contribution in [0.1, 0.15) is 0 Å². The zero-order chi connectivity index (χ0) is 11.5. The first-order valence-corrected chi connectivity index (χ1v) is 6.06. The first-order valence-electron chi connectivity index (χ1n) is 4.60. The van der Waals surface area contributed by atoms with E-state index in [-0.39, 0.29) is 0 Å². The largest absolute Gasteiger partial charge is 0.396 e. The standard InChI is InChI=1S/C11H9ClIN3/c12-10-6-5-8(14)11(16-10)15-9-4-2-1-3-7(9)13/h1-6H,14H2,(H,15,16). The number of hydrogen-bond donors (Lipinski definition) is 2. The second kappa shape index (κ2) is 4.88. The molecule has 16 heavy (non-hydrogen) atoms. The van der Waals surface area contributed by atoms with Crippen LogP contribution in [0.4, 0.5) is 17.2 Å². The molecule has 82 valence electrons. The van der Waals surface area contributed by atoms with Gasteiger partial charge in [0.25, 0.3) is 0 Å². The van der Waals surface area contributed by atoms with Gasteiger partial charge in [0.05, 0.1) is 11.4 Å². The highest BCUT2D eigenvalue weighted by Crippen LogP contribution is 2.25. The molecule has 3 N–H and O–H groups in total. The van der Waals surface area contributed by atoms with Crippen LogP contribution in [0.15, 0.2) is 36.4 Å². The number of pyridine rings is 1. The van der Waals surface area contributed by atoms with Crippen molar-refractivity contribution in [3.05, 3.63) is 45.1 Å². The van der Waals surface area contributed by atoms with Crippen LogP contribution in [0.2, 0.25) is 5.15 Å². The second-order valence-electron chi connectivity index (χ2n) is 3.18. The second-order valence-corrected chi connectivity index (χ2v) is 4.73. The molecule has 0 aliphatic heterocycles. The summed E-state index contributed by atoms with van der Waals surface area (Å²) in [4.78, 5) is 4.14. The van der Waals surface area contributed by atoms with E-state index in [0.717, 1.165) is 9.26 Å². The van der Waals surface area contributed by atoms with E-state index in [1.807, 2.05) is 24.3 Å². The molecule has 2 rings (SSSR count). The highest BCUT2D eigenvalue weighted by molar-refractivity contribution is 14.1. The van der Waals surface area contributed by atoms with Gasteiger partial charge in [0.1, 0.15) is 5.15 Å². The van der Waals surface area contributed by atoms with Crippen molar-refractivity contribution in [2.75, 3.05) is 11.1 Å². The molecule has 0 bridgehead atoms. The number of nitrogens with zero attached hydrogens (tertiary/aromatic N) is 1. The molecule has 0 amide bonds. The van der Waals surface area contributed by atoms with E-state index in [2.05, 4.69) is 32.9 Å². The van der Waals surface area contributed by atoms with Crippen molar-refractivity contribution in [1.82, 2.24) is 4.98 Å². The number of rotatable bonds is 2. The topological polar surface area (TPSA) is 50.9 Å². The number of nitrogens with one attached hydrogen (secondary N) is 1. The van der Waals surface area contributed by atoms with Crippen LogP contribution in [0, 0.1) is 3.57 Å². The minimum Gasteiger partial charge on any atom is -0.396 e. The molecule has 1 aromatic carbocycles. The van der Waals surface area contributed by atoms with Crippen molar-refractivity contribution in [3.8, 4) is 0 Å². The zero-order valence-corrected chi connectivity index (χ0v) is 11.2. The number of hydrogen-bond acceptors (Lipinski definition) is 3. The minimum absolute atomic E-state index is 0.419. The molecular weight excluding hydrogens is 336 g/mol. The van der Waals surface area contributed by atoms with Crippen LogP contribution in [0.3, 0.4) is 0 Å². The summed E-state index contributed by atoms with van der Waals surface area (Å²) in [5.74, 6) is 0.580. The predicted molar refractivity (Wildman–Crippen MR) is 76.1 cm³/mol. The van der Waals surface area contributed by atoms with Crippen molar-refractivity contribution in [1.29, 1.82) is 0 Å². The molecule has 0 atom stereocenters. The van der Waals surface area contributed by atoms with E-state index in [1.165, 1.54) is 0 Å². The summed E-state index contributed by atoms with van der Waals surface area (Å²) in [5, 5.41) is 3.57. The molecule has 0 spiro atoms. The molecule has 0 unspecified atom stereocenters. The molecule has 5 heteroatoms. The van der Waals surface area contributed by atoms with E-state index in [4.69, 9.17) is 17.3 Å². The fourth-order valence-corrected chi connectivity index (χ4v) is 1.91. The summed E-state index contributed by atoms with van der Waals surface area (Å²) in [6.45, 7) is 0. The lowest BCUT2D eigenvalue weighted by atomic mass is 10.3. The summed E-state index contributed by atoms with van der Waals surface area (Å²) in [7, 11) is 0. The average molecular weight is 346 g/mol. The Morgan fingerprint density at radius 2 is 1.94 bits per heavy atom. The van der Waals surface area contributed by atoms with E-state index < -0.39 is 0 Å². The van der Waals surface area contributed by atoms with E-state index in [0.29, 0.717) is 16.7 Å².